The number of ketones is 1. The van der Waals surface area contributed by atoms with Gasteiger partial charge in [0.1, 0.15) is 6.61 Å². The van der Waals surface area contributed by atoms with Gasteiger partial charge in [0.05, 0.1) is 25.8 Å². The molecule has 0 spiro atoms. The van der Waals surface area contributed by atoms with Gasteiger partial charge in [-0.25, -0.2) is 0 Å². The SMILES string of the molecule is CCc1ccc(C(=O)CC2(O)C(=O)N(CCOc3ccccc3OC)c3ccccc32)cc1. The van der Waals surface area contributed by atoms with Crippen molar-refractivity contribution in [1.82, 2.24) is 0 Å². The minimum atomic E-state index is -1.92. The molecule has 6 nitrogen and oxygen atoms in total. The number of aryl methyl sites for hydroxylation is 1. The lowest BCUT2D eigenvalue weighted by Gasteiger charge is -2.23. The molecule has 4 rings (SSSR count). The maximum Gasteiger partial charge on any atom is 0.264 e. The molecular formula is C27H27NO5. The summed E-state index contributed by atoms with van der Waals surface area (Å²) < 4.78 is 11.1. The molecule has 170 valence electrons. The maximum absolute atomic E-state index is 13.4. The summed E-state index contributed by atoms with van der Waals surface area (Å²) in [6.45, 7) is 2.46. The first-order valence-corrected chi connectivity index (χ1v) is 11.0. The standard InChI is InChI=1S/C27H27NO5/c1-3-19-12-14-20(15-13-19)23(29)18-27(31)21-8-4-5-9-22(21)28(26(27)30)16-17-33-25-11-7-6-10-24(25)32-2/h4-15,31H,3,16-18H2,1-2H3. The number of carbonyl (C=O) groups excluding carboxylic acids is 2. The highest BCUT2D eigenvalue weighted by atomic mass is 16.5. The van der Waals surface area contributed by atoms with Crippen molar-refractivity contribution in [3.8, 4) is 11.5 Å². The molecule has 1 unspecified atom stereocenters. The molecule has 1 aliphatic heterocycles. The Morgan fingerprint density at radius 1 is 0.970 bits per heavy atom. The molecule has 33 heavy (non-hydrogen) atoms. The second-order valence-electron chi connectivity index (χ2n) is 7.98. The van der Waals surface area contributed by atoms with Gasteiger partial charge in [-0.05, 0) is 30.2 Å². The fourth-order valence-corrected chi connectivity index (χ4v) is 4.15. The number of hydrogen-bond acceptors (Lipinski definition) is 5. The van der Waals surface area contributed by atoms with Gasteiger partial charge in [-0.3, -0.25) is 9.59 Å². The van der Waals surface area contributed by atoms with Gasteiger partial charge in [-0.2, -0.15) is 0 Å². The maximum atomic E-state index is 13.4. The Morgan fingerprint density at radius 2 is 1.64 bits per heavy atom. The summed E-state index contributed by atoms with van der Waals surface area (Å²) >= 11 is 0. The Bertz CT molecular complexity index is 1160. The molecule has 0 saturated carbocycles. The number of fused-ring (bicyclic) bond motifs is 1. The first kappa shape index (κ1) is 22.6. The highest BCUT2D eigenvalue weighted by molar-refractivity contribution is 6.10. The lowest BCUT2D eigenvalue weighted by molar-refractivity contribution is -0.135. The molecule has 1 N–H and O–H groups in total. The Kier molecular flexibility index (Phi) is 6.47. The molecule has 0 fully saturated rings. The number of rotatable bonds is 9. The summed E-state index contributed by atoms with van der Waals surface area (Å²) in [5.41, 5.74) is 0.702. The Hall–Kier alpha value is -3.64. The first-order chi connectivity index (χ1) is 16.0. The van der Waals surface area contributed by atoms with Crippen molar-refractivity contribution in [2.24, 2.45) is 0 Å². The molecule has 0 aromatic heterocycles. The van der Waals surface area contributed by atoms with Crippen molar-refractivity contribution in [3.05, 3.63) is 89.5 Å². The zero-order chi connectivity index (χ0) is 23.4. The zero-order valence-corrected chi connectivity index (χ0v) is 18.8. The largest absolute Gasteiger partial charge is 0.493 e. The van der Waals surface area contributed by atoms with Crippen LogP contribution in [0.25, 0.3) is 0 Å². The molecule has 0 bridgehead atoms. The van der Waals surface area contributed by atoms with E-state index in [1.54, 1.807) is 55.6 Å². The third-order valence-electron chi connectivity index (χ3n) is 5.98. The summed E-state index contributed by atoms with van der Waals surface area (Å²) in [6.07, 6.45) is 0.550. The number of Topliss-reactive ketones (excluding diaryl/α,β-unsaturated/α-hetero) is 1. The second-order valence-corrected chi connectivity index (χ2v) is 7.98. The topological polar surface area (TPSA) is 76.1 Å². The van der Waals surface area contributed by atoms with Crippen LogP contribution in [0.5, 0.6) is 11.5 Å². The molecule has 0 radical (unpaired) electrons. The number of anilines is 1. The molecule has 1 heterocycles. The molecule has 1 aliphatic rings. The number of ether oxygens (including phenoxy) is 2. The van der Waals surface area contributed by atoms with Crippen LogP contribution >= 0.6 is 0 Å². The van der Waals surface area contributed by atoms with Crippen molar-refractivity contribution in [2.45, 2.75) is 25.4 Å². The van der Waals surface area contributed by atoms with Gasteiger partial charge in [0, 0.05) is 11.1 Å². The average Bonchev–Trinajstić information content (AvgIpc) is 3.06. The lowest BCUT2D eigenvalue weighted by atomic mass is 9.88. The number of hydrogen-bond donors (Lipinski definition) is 1. The average molecular weight is 446 g/mol. The van der Waals surface area contributed by atoms with Crippen molar-refractivity contribution >= 4 is 17.4 Å². The molecule has 3 aromatic carbocycles. The van der Waals surface area contributed by atoms with E-state index in [9.17, 15) is 14.7 Å². The summed E-state index contributed by atoms with van der Waals surface area (Å²) in [4.78, 5) is 27.8. The van der Waals surface area contributed by atoms with E-state index in [1.807, 2.05) is 31.2 Å². The zero-order valence-electron chi connectivity index (χ0n) is 18.8. The van der Waals surface area contributed by atoms with E-state index in [2.05, 4.69) is 0 Å². The van der Waals surface area contributed by atoms with Gasteiger partial charge >= 0.3 is 0 Å². The smallest absolute Gasteiger partial charge is 0.264 e. The van der Waals surface area contributed by atoms with Gasteiger partial charge in [-0.1, -0.05) is 61.5 Å². The third-order valence-corrected chi connectivity index (χ3v) is 5.98. The molecule has 1 atom stereocenters. The third kappa shape index (κ3) is 4.34. The van der Waals surface area contributed by atoms with Crippen LogP contribution in [0, 0.1) is 0 Å². The number of carbonyl (C=O) groups is 2. The second kappa shape index (κ2) is 9.46. The van der Waals surface area contributed by atoms with Crippen LogP contribution in [0.4, 0.5) is 5.69 Å². The van der Waals surface area contributed by atoms with E-state index in [4.69, 9.17) is 9.47 Å². The predicted molar refractivity (Wildman–Crippen MR) is 126 cm³/mol. The van der Waals surface area contributed by atoms with E-state index in [0.29, 0.717) is 28.3 Å². The van der Waals surface area contributed by atoms with Gasteiger partial charge < -0.3 is 19.5 Å². The van der Waals surface area contributed by atoms with Gasteiger partial charge in [0.25, 0.3) is 5.91 Å². The van der Waals surface area contributed by atoms with E-state index in [1.165, 1.54) is 4.90 Å². The highest BCUT2D eigenvalue weighted by Gasteiger charge is 2.50. The van der Waals surface area contributed by atoms with E-state index >= 15 is 0 Å². The molecular weight excluding hydrogens is 418 g/mol. The Morgan fingerprint density at radius 3 is 2.33 bits per heavy atom. The van der Waals surface area contributed by atoms with Crippen LogP contribution in [0.2, 0.25) is 0 Å². The van der Waals surface area contributed by atoms with E-state index in [-0.39, 0.29) is 25.4 Å². The first-order valence-electron chi connectivity index (χ1n) is 11.0. The summed E-state index contributed by atoms with van der Waals surface area (Å²) in [7, 11) is 1.56. The van der Waals surface area contributed by atoms with E-state index in [0.717, 1.165) is 12.0 Å². The van der Waals surface area contributed by atoms with Crippen molar-refractivity contribution in [3.63, 3.8) is 0 Å². The number of amides is 1. The molecule has 6 heteroatoms. The van der Waals surface area contributed by atoms with Crippen LogP contribution in [-0.2, 0) is 16.8 Å². The van der Waals surface area contributed by atoms with Crippen LogP contribution in [0.15, 0.2) is 72.8 Å². The van der Waals surface area contributed by atoms with Crippen molar-refractivity contribution < 1.29 is 24.2 Å². The highest BCUT2D eigenvalue weighted by Crippen LogP contribution is 2.42. The van der Waals surface area contributed by atoms with Crippen LogP contribution < -0.4 is 14.4 Å². The molecule has 3 aromatic rings. The molecule has 1 amide bonds. The minimum absolute atomic E-state index is 0.197. The summed E-state index contributed by atoms with van der Waals surface area (Å²) in [5, 5.41) is 11.4. The number of nitrogens with zero attached hydrogens (tertiary/aromatic N) is 1. The fourth-order valence-electron chi connectivity index (χ4n) is 4.15. The fraction of sp³-hybridized carbons (Fsp3) is 0.259. The van der Waals surface area contributed by atoms with Gasteiger partial charge in [0.2, 0.25) is 0 Å². The number of para-hydroxylation sites is 3. The van der Waals surface area contributed by atoms with E-state index < -0.39 is 11.5 Å². The normalized spacial score (nSPS) is 17.1. The minimum Gasteiger partial charge on any atom is -0.493 e. The van der Waals surface area contributed by atoms with Crippen LogP contribution in [-0.4, -0.2) is 37.1 Å². The number of benzene rings is 3. The van der Waals surface area contributed by atoms with Gasteiger partial charge in [-0.15, -0.1) is 0 Å². The predicted octanol–water partition coefficient (Wildman–Crippen LogP) is 4.14. The quantitative estimate of drug-likeness (QED) is 0.501. The van der Waals surface area contributed by atoms with Crippen LogP contribution in [0.1, 0.15) is 34.8 Å². The monoisotopic (exact) mass is 445 g/mol. The molecule has 0 aliphatic carbocycles. The van der Waals surface area contributed by atoms with Gasteiger partial charge in [0.15, 0.2) is 22.9 Å². The van der Waals surface area contributed by atoms with Crippen LogP contribution in [0.3, 0.4) is 0 Å². The summed E-state index contributed by atoms with van der Waals surface area (Å²) in [5.74, 6) is 0.365. The Balaban J connectivity index is 1.52. The number of aliphatic hydroxyl groups is 1. The number of methoxy groups -OCH3 is 1. The van der Waals surface area contributed by atoms with Crippen molar-refractivity contribution in [1.29, 1.82) is 0 Å². The Labute approximate surface area is 193 Å². The molecule has 0 saturated heterocycles. The van der Waals surface area contributed by atoms with Crippen molar-refractivity contribution in [2.75, 3.05) is 25.2 Å². The summed E-state index contributed by atoms with van der Waals surface area (Å²) in [6, 6.07) is 21.6. The lowest BCUT2D eigenvalue weighted by Crippen LogP contribution is -2.43.